The van der Waals surface area contributed by atoms with Gasteiger partial charge in [0, 0.05) is 12.5 Å². The Bertz CT molecular complexity index is 290. The lowest BCUT2D eigenvalue weighted by Crippen LogP contribution is -2.11. The molecule has 2 heteroatoms. The van der Waals surface area contributed by atoms with Crippen LogP contribution in [0.25, 0.3) is 0 Å². The Morgan fingerprint density at radius 2 is 1.92 bits per heavy atom. The van der Waals surface area contributed by atoms with E-state index < -0.39 is 0 Å². The Balaban J connectivity index is 2.70. The fourth-order valence-electron chi connectivity index (χ4n) is 1.12. The summed E-state index contributed by atoms with van der Waals surface area (Å²) < 4.78 is 2.26. The Morgan fingerprint density at radius 1 is 1.31 bits per heavy atom. The van der Waals surface area contributed by atoms with Gasteiger partial charge in [-0.05, 0) is 6.26 Å². The summed E-state index contributed by atoms with van der Waals surface area (Å²) >= 11 is 1.79. The molecule has 0 aromatic heterocycles. The lowest BCUT2D eigenvalue weighted by molar-refractivity contribution is -0.511. The highest BCUT2D eigenvalue weighted by molar-refractivity contribution is 8.13. The van der Waals surface area contributed by atoms with E-state index in [1.54, 1.807) is 11.8 Å². The molecule has 13 heavy (non-hydrogen) atoms. The van der Waals surface area contributed by atoms with Gasteiger partial charge in [-0.15, -0.1) is 0 Å². The number of nitrogens with zero attached hydrogens (tertiary/aromatic N) is 1. The third-order valence-electron chi connectivity index (χ3n) is 2.10. The van der Waals surface area contributed by atoms with Crippen molar-refractivity contribution in [3.8, 4) is 0 Å². The zero-order valence-corrected chi connectivity index (χ0v) is 9.27. The van der Waals surface area contributed by atoms with Crippen molar-refractivity contribution < 1.29 is 4.58 Å². The standard InChI is InChI=1S/C11H16NS/c1-10(13-3)12(2)9-11-7-5-4-6-8-11/h4-8H,9H2,1-3H3/q+1. The van der Waals surface area contributed by atoms with E-state index >= 15 is 0 Å². The van der Waals surface area contributed by atoms with E-state index in [1.165, 1.54) is 10.6 Å². The first kappa shape index (κ1) is 10.3. The van der Waals surface area contributed by atoms with E-state index in [0.717, 1.165) is 6.54 Å². The molecule has 0 atom stereocenters. The second kappa shape index (κ2) is 5.07. The molecule has 1 nitrogen and oxygen atoms in total. The van der Waals surface area contributed by atoms with E-state index in [-0.39, 0.29) is 0 Å². The monoisotopic (exact) mass is 194 g/mol. The molecule has 1 rings (SSSR count). The second-order valence-electron chi connectivity index (χ2n) is 3.06. The normalized spacial score (nSPS) is 12.5. The Kier molecular flexibility index (Phi) is 4.03. The van der Waals surface area contributed by atoms with Crippen LogP contribution < -0.4 is 0 Å². The molecule has 0 bridgehead atoms. The molecule has 0 aliphatic carbocycles. The third-order valence-corrected chi connectivity index (χ3v) is 3.00. The van der Waals surface area contributed by atoms with Gasteiger partial charge >= 0.3 is 0 Å². The summed E-state index contributed by atoms with van der Waals surface area (Å²) in [5.74, 6) is 0. The molecule has 0 saturated heterocycles. The summed E-state index contributed by atoms with van der Waals surface area (Å²) in [6.45, 7) is 3.14. The van der Waals surface area contributed by atoms with E-state index in [1.807, 2.05) is 0 Å². The first-order chi connectivity index (χ1) is 6.24. The molecule has 0 aliphatic heterocycles. The van der Waals surface area contributed by atoms with Crippen molar-refractivity contribution in [2.75, 3.05) is 13.3 Å². The van der Waals surface area contributed by atoms with Crippen LogP contribution in [0.15, 0.2) is 30.3 Å². The molecule has 0 radical (unpaired) electrons. The summed E-state index contributed by atoms with van der Waals surface area (Å²) in [5.41, 5.74) is 1.36. The lowest BCUT2D eigenvalue weighted by Gasteiger charge is -2.00. The first-order valence-electron chi connectivity index (χ1n) is 4.36. The highest BCUT2D eigenvalue weighted by Gasteiger charge is 2.03. The Labute approximate surface area is 84.5 Å². The topological polar surface area (TPSA) is 3.01 Å². The van der Waals surface area contributed by atoms with Gasteiger partial charge in [0.2, 0.25) is 5.04 Å². The molecular formula is C11H16NS+. The summed E-state index contributed by atoms with van der Waals surface area (Å²) in [5, 5.41) is 1.35. The first-order valence-corrected chi connectivity index (χ1v) is 5.59. The van der Waals surface area contributed by atoms with E-state index in [0.29, 0.717) is 0 Å². The van der Waals surface area contributed by atoms with Crippen molar-refractivity contribution in [2.45, 2.75) is 13.5 Å². The fourth-order valence-corrected chi connectivity index (χ4v) is 1.50. The molecular weight excluding hydrogens is 178 g/mol. The number of hydrogen-bond acceptors (Lipinski definition) is 1. The number of benzene rings is 1. The molecule has 0 heterocycles. The average molecular weight is 194 g/mol. The van der Waals surface area contributed by atoms with Crippen LogP contribution in [0.5, 0.6) is 0 Å². The third kappa shape index (κ3) is 3.23. The predicted molar refractivity (Wildman–Crippen MR) is 60.5 cm³/mol. The molecule has 0 fully saturated rings. The largest absolute Gasteiger partial charge is 0.227 e. The molecule has 0 amide bonds. The maximum atomic E-state index is 2.26. The van der Waals surface area contributed by atoms with Gasteiger partial charge in [-0.25, -0.2) is 4.58 Å². The highest BCUT2D eigenvalue weighted by atomic mass is 32.2. The maximum Gasteiger partial charge on any atom is 0.207 e. The molecule has 0 aliphatic rings. The minimum absolute atomic E-state index is 0.994. The molecule has 0 unspecified atom stereocenters. The Hall–Kier alpha value is -0.760. The molecule has 1 aromatic carbocycles. The molecule has 70 valence electrons. The zero-order valence-electron chi connectivity index (χ0n) is 8.45. The lowest BCUT2D eigenvalue weighted by atomic mass is 10.2. The van der Waals surface area contributed by atoms with Gasteiger partial charge in [-0.1, -0.05) is 42.1 Å². The van der Waals surface area contributed by atoms with Crippen LogP contribution >= 0.6 is 11.8 Å². The quantitative estimate of drug-likeness (QED) is 0.397. The summed E-state index contributed by atoms with van der Waals surface area (Å²) in [6.07, 6.45) is 2.11. The number of hydrogen-bond donors (Lipinski definition) is 0. The number of rotatable bonds is 2. The van der Waals surface area contributed by atoms with Gasteiger partial charge in [-0.3, -0.25) is 0 Å². The van der Waals surface area contributed by atoms with Crippen LogP contribution in [0.3, 0.4) is 0 Å². The zero-order chi connectivity index (χ0) is 9.68. The smallest absolute Gasteiger partial charge is 0.207 e. The van der Waals surface area contributed by atoms with E-state index in [9.17, 15) is 0 Å². The van der Waals surface area contributed by atoms with Crippen molar-refractivity contribution in [1.29, 1.82) is 0 Å². The van der Waals surface area contributed by atoms with Gasteiger partial charge in [0.1, 0.15) is 7.05 Å². The van der Waals surface area contributed by atoms with Crippen molar-refractivity contribution in [3.63, 3.8) is 0 Å². The van der Waals surface area contributed by atoms with Gasteiger partial charge in [0.15, 0.2) is 6.54 Å². The SMILES string of the molecule is CSC(C)=[N+](C)Cc1ccccc1. The van der Waals surface area contributed by atoms with Crippen LogP contribution in [0.2, 0.25) is 0 Å². The molecule has 0 saturated carbocycles. The van der Waals surface area contributed by atoms with Crippen molar-refractivity contribution >= 4 is 16.8 Å². The van der Waals surface area contributed by atoms with Gasteiger partial charge in [0.25, 0.3) is 0 Å². The number of thioether (sulfide) groups is 1. The van der Waals surface area contributed by atoms with Crippen LogP contribution in [0.4, 0.5) is 0 Å². The van der Waals surface area contributed by atoms with E-state index in [2.05, 4.69) is 55.1 Å². The van der Waals surface area contributed by atoms with Crippen LogP contribution in [0, 0.1) is 0 Å². The van der Waals surface area contributed by atoms with Gasteiger partial charge < -0.3 is 0 Å². The van der Waals surface area contributed by atoms with Crippen molar-refractivity contribution in [3.05, 3.63) is 35.9 Å². The predicted octanol–water partition coefficient (Wildman–Crippen LogP) is 2.61. The second-order valence-corrected chi connectivity index (χ2v) is 4.06. The summed E-state index contributed by atoms with van der Waals surface area (Å²) in [4.78, 5) is 0. The van der Waals surface area contributed by atoms with Gasteiger partial charge in [-0.2, -0.15) is 0 Å². The van der Waals surface area contributed by atoms with Gasteiger partial charge in [0.05, 0.1) is 0 Å². The average Bonchev–Trinajstić information content (AvgIpc) is 2.18. The molecule has 1 aromatic rings. The van der Waals surface area contributed by atoms with Crippen molar-refractivity contribution in [1.82, 2.24) is 0 Å². The highest BCUT2D eigenvalue weighted by Crippen LogP contribution is 2.02. The summed E-state index contributed by atoms with van der Waals surface area (Å²) in [6, 6.07) is 10.5. The minimum atomic E-state index is 0.994. The van der Waals surface area contributed by atoms with Crippen LogP contribution in [0.1, 0.15) is 12.5 Å². The van der Waals surface area contributed by atoms with Crippen molar-refractivity contribution in [2.24, 2.45) is 0 Å². The minimum Gasteiger partial charge on any atom is -0.227 e. The fraction of sp³-hybridized carbons (Fsp3) is 0.364. The molecule has 0 spiro atoms. The van der Waals surface area contributed by atoms with Crippen LogP contribution in [-0.2, 0) is 6.54 Å². The maximum absolute atomic E-state index is 2.26. The van der Waals surface area contributed by atoms with Crippen LogP contribution in [-0.4, -0.2) is 22.9 Å². The Morgan fingerprint density at radius 3 is 2.46 bits per heavy atom. The summed E-state index contributed by atoms with van der Waals surface area (Å²) in [7, 11) is 2.12. The molecule has 0 N–H and O–H groups in total. The van der Waals surface area contributed by atoms with E-state index in [4.69, 9.17) is 0 Å².